The van der Waals surface area contributed by atoms with Crippen molar-refractivity contribution in [2.45, 2.75) is 19.3 Å². The molecule has 1 aliphatic rings. The second kappa shape index (κ2) is 12.3. The number of para-hydroxylation sites is 3. The second-order valence-corrected chi connectivity index (χ2v) is 14.5. The van der Waals surface area contributed by atoms with Gasteiger partial charge in [0.1, 0.15) is 0 Å². The van der Waals surface area contributed by atoms with Crippen molar-refractivity contribution in [3.8, 4) is 39.1 Å². The zero-order valence-electron chi connectivity index (χ0n) is 29.9. The van der Waals surface area contributed by atoms with E-state index < -0.39 is 0 Å². The Morgan fingerprint density at radius 2 is 1.02 bits per heavy atom. The van der Waals surface area contributed by atoms with Gasteiger partial charge in [0, 0.05) is 38.8 Å². The van der Waals surface area contributed by atoms with Crippen molar-refractivity contribution in [3.63, 3.8) is 0 Å². The van der Waals surface area contributed by atoms with Crippen LogP contribution in [-0.4, -0.2) is 4.57 Å². The molecule has 0 fully saturated rings. The maximum absolute atomic E-state index is 2.46. The number of anilines is 3. The van der Waals surface area contributed by atoms with Crippen molar-refractivity contribution >= 4 is 38.9 Å². The van der Waals surface area contributed by atoms with Gasteiger partial charge in [-0.15, -0.1) is 0 Å². The van der Waals surface area contributed by atoms with Gasteiger partial charge in [-0.3, -0.25) is 0 Å². The van der Waals surface area contributed by atoms with Crippen LogP contribution in [0.25, 0.3) is 60.9 Å². The summed E-state index contributed by atoms with van der Waals surface area (Å²) in [7, 11) is 0. The first kappa shape index (κ1) is 31.1. The van der Waals surface area contributed by atoms with Crippen molar-refractivity contribution < 1.29 is 0 Å². The number of rotatable bonds is 6. The van der Waals surface area contributed by atoms with Crippen LogP contribution in [0.15, 0.2) is 194 Å². The van der Waals surface area contributed by atoms with Crippen LogP contribution >= 0.6 is 0 Å². The highest BCUT2D eigenvalue weighted by molar-refractivity contribution is 6.11. The van der Waals surface area contributed by atoms with Crippen molar-refractivity contribution in [2.75, 3.05) is 4.90 Å². The Kier molecular flexibility index (Phi) is 7.19. The number of fused-ring (bicyclic) bond motifs is 6. The molecule has 8 aromatic carbocycles. The predicted octanol–water partition coefficient (Wildman–Crippen LogP) is 13.9. The summed E-state index contributed by atoms with van der Waals surface area (Å²) < 4.78 is 2.40. The number of nitrogens with zero attached hydrogens (tertiary/aromatic N) is 2. The number of aromatic nitrogens is 1. The van der Waals surface area contributed by atoms with Crippen molar-refractivity contribution in [2.24, 2.45) is 0 Å². The van der Waals surface area contributed by atoms with E-state index in [1.807, 2.05) is 0 Å². The molecule has 252 valence electrons. The molecule has 1 aromatic heterocycles. The Balaban J connectivity index is 1.30. The van der Waals surface area contributed by atoms with Gasteiger partial charge in [-0.2, -0.15) is 0 Å². The van der Waals surface area contributed by atoms with Crippen LogP contribution in [0.1, 0.15) is 25.0 Å². The zero-order chi connectivity index (χ0) is 35.5. The molecule has 1 heterocycles. The van der Waals surface area contributed by atoms with Gasteiger partial charge in [0.2, 0.25) is 0 Å². The molecule has 10 rings (SSSR count). The van der Waals surface area contributed by atoms with Crippen LogP contribution in [0, 0.1) is 0 Å². The Morgan fingerprint density at radius 1 is 0.415 bits per heavy atom. The Hall–Kier alpha value is -6.64. The smallest absolute Gasteiger partial charge is 0.0561 e. The third kappa shape index (κ3) is 4.87. The lowest BCUT2D eigenvalue weighted by molar-refractivity contribution is 0.660. The second-order valence-electron chi connectivity index (χ2n) is 14.5. The zero-order valence-corrected chi connectivity index (χ0v) is 29.9. The number of benzene rings is 8. The van der Waals surface area contributed by atoms with Crippen LogP contribution in [0.3, 0.4) is 0 Å². The van der Waals surface area contributed by atoms with Gasteiger partial charge in [0.15, 0.2) is 0 Å². The summed E-state index contributed by atoms with van der Waals surface area (Å²) in [5.41, 5.74) is 17.0. The molecule has 2 nitrogen and oxygen atoms in total. The summed E-state index contributed by atoms with van der Waals surface area (Å²) in [6.07, 6.45) is 0. The Morgan fingerprint density at radius 3 is 1.83 bits per heavy atom. The quantitative estimate of drug-likeness (QED) is 0.170. The van der Waals surface area contributed by atoms with Crippen LogP contribution in [0.5, 0.6) is 0 Å². The van der Waals surface area contributed by atoms with Crippen molar-refractivity contribution in [1.29, 1.82) is 0 Å². The molecular formula is C51H38N2. The first-order valence-electron chi connectivity index (χ1n) is 18.5. The SMILES string of the molecule is CC1(C)c2ccccc2-c2c(-c3c(-c4ccccc4)cccc3N(c3ccccc3)c3ccc4c5ccccc5n(-c5ccccc5)c4c3)cccc21. The average Bonchev–Trinajstić information content (AvgIpc) is 3.67. The minimum atomic E-state index is -0.112. The molecule has 9 aromatic rings. The molecule has 0 radical (unpaired) electrons. The lowest BCUT2D eigenvalue weighted by Crippen LogP contribution is -2.15. The van der Waals surface area contributed by atoms with E-state index in [2.05, 4.69) is 217 Å². The molecule has 0 bridgehead atoms. The lowest BCUT2D eigenvalue weighted by atomic mass is 9.81. The van der Waals surface area contributed by atoms with Crippen molar-refractivity contribution in [1.82, 2.24) is 4.57 Å². The Bertz CT molecular complexity index is 2790. The summed E-state index contributed by atoms with van der Waals surface area (Å²) in [6, 6.07) is 70.8. The summed E-state index contributed by atoms with van der Waals surface area (Å²) in [5.74, 6) is 0. The van der Waals surface area contributed by atoms with E-state index in [1.165, 1.54) is 66.3 Å². The van der Waals surface area contributed by atoms with E-state index in [0.717, 1.165) is 22.7 Å². The van der Waals surface area contributed by atoms with Crippen LogP contribution in [-0.2, 0) is 5.41 Å². The number of hydrogen-bond acceptors (Lipinski definition) is 1. The summed E-state index contributed by atoms with van der Waals surface area (Å²) >= 11 is 0. The molecule has 0 atom stereocenters. The monoisotopic (exact) mass is 678 g/mol. The first-order chi connectivity index (χ1) is 26.1. The maximum Gasteiger partial charge on any atom is 0.0561 e. The molecule has 53 heavy (non-hydrogen) atoms. The minimum Gasteiger partial charge on any atom is -0.310 e. The van der Waals surface area contributed by atoms with E-state index in [0.29, 0.717) is 0 Å². The maximum atomic E-state index is 2.46. The van der Waals surface area contributed by atoms with Crippen LogP contribution in [0.4, 0.5) is 17.1 Å². The van der Waals surface area contributed by atoms with Crippen molar-refractivity contribution in [3.05, 3.63) is 205 Å². The van der Waals surface area contributed by atoms with Gasteiger partial charge in [-0.25, -0.2) is 0 Å². The van der Waals surface area contributed by atoms with Gasteiger partial charge in [0.05, 0.1) is 16.7 Å². The van der Waals surface area contributed by atoms with E-state index in [1.54, 1.807) is 0 Å². The van der Waals surface area contributed by atoms with E-state index in [4.69, 9.17) is 0 Å². The normalized spacial score (nSPS) is 12.9. The van der Waals surface area contributed by atoms with Crippen LogP contribution < -0.4 is 4.90 Å². The lowest BCUT2D eigenvalue weighted by Gasteiger charge is -2.30. The third-order valence-corrected chi connectivity index (χ3v) is 11.2. The van der Waals surface area contributed by atoms with Gasteiger partial charge in [0.25, 0.3) is 0 Å². The molecule has 0 amide bonds. The molecule has 0 unspecified atom stereocenters. The van der Waals surface area contributed by atoms with Crippen LogP contribution in [0.2, 0.25) is 0 Å². The third-order valence-electron chi connectivity index (χ3n) is 11.2. The molecule has 0 aliphatic heterocycles. The fourth-order valence-corrected chi connectivity index (χ4v) is 8.79. The highest BCUT2D eigenvalue weighted by Gasteiger charge is 2.37. The summed E-state index contributed by atoms with van der Waals surface area (Å²) in [6.45, 7) is 4.73. The molecular weight excluding hydrogens is 641 g/mol. The standard InChI is InChI=1S/C51H38N2/c1-51(2)44-28-14-12-25-42(44)49-43(27-16-29-45(49)51)50-39(35-18-6-3-7-19-35)26-17-31-47(50)52(36-20-8-4-9-21-36)38-32-33-41-40-24-13-15-30-46(40)53(48(41)34-38)37-22-10-5-11-23-37/h3-34H,1-2H3. The topological polar surface area (TPSA) is 8.17 Å². The fourth-order valence-electron chi connectivity index (χ4n) is 8.79. The van der Waals surface area contributed by atoms with Gasteiger partial charge in [-0.1, -0.05) is 159 Å². The van der Waals surface area contributed by atoms with Gasteiger partial charge in [-0.05, 0) is 87.5 Å². The first-order valence-corrected chi connectivity index (χ1v) is 18.5. The number of hydrogen-bond donors (Lipinski definition) is 0. The highest BCUT2D eigenvalue weighted by Crippen LogP contribution is 2.55. The minimum absolute atomic E-state index is 0.112. The van der Waals surface area contributed by atoms with Gasteiger partial charge < -0.3 is 9.47 Å². The Labute approximate surface area is 310 Å². The molecule has 0 saturated carbocycles. The molecule has 1 aliphatic carbocycles. The van der Waals surface area contributed by atoms with E-state index in [-0.39, 0.29) is 5.41 Å². The molecule has 0 saturated heterocycles. The summed E-state index contributed by atoms with van der Waals surface area (Å²) in [4.78, 5) is 2.46. The largest absolute Gasteiger partial charge is 0.310 e. The fraction of sp³-hybridized carbons (Fsp3) is 0.0588. The average molecular weight is 679 g/mol. The summed E-state index contributed by atoms with van der Waals surface area (Å²) in [5, 5.41) is 2.48. The van der Waals surface area contributed by atoms with Gasteiger partial charge >= 0.3 is 0 Å². The van der Waals surface area contributed by atoms with E-state index in [9.17, 15) is 0 Å². The molecule has 0 spiro atoms. The predicted molar refractivity (Wildman–Crippen MR) is 224 cm³/mol. The molecule has 0 N–H and O–H groups in total. The highest BCUT2D eigenvalue weighted by atomic mass is 15.1. The molecule has 2 heteroatoms. The van der Waals surface area contributed by atoms with E-state index >= 15 is 0 Å².